The highest BCUT2D eigenvalue weighted by molar-refractivity contribution is 5.30. The summed E-state index contributed by atoms with van der Waals surface area (Å²) in [5.41, 5.74) is 4.16. The van der Waals surface area contributed by atoms with Crippen molar-refractivity contribution >= 4 is 0 Å². The van der Waals surface area contributed by atoms with Crippen LogP contribution in [0.3, 0.4) is 0 Å². The molecule has 0 bridgehead atoms. The van der Waals surface area contributed by atoms with Crippen molar-refractivity contribution in [2.24, 2.45) is 0 Å². The average molecular weight is 207 g/mol. The maximum Gasteiger partial charge on any atom is 0.0984 e. The Bertz CT molecular complexity index is 309. The van der Waals surface area contributed by atoms with E-state index in [1.165, 1.54) is 16.7 Å². The molecular weight excluding hydrogens is 186 g/mol. The molecule has 1 aromatic carbocycles. The van der Waals surface area contributed by atoms with E-state index in [0.717, 1.165) is 13.0 Å². The second-order valence-corrected chi connectivity index (χ2v) is 4.18. The van der Waals surface area contributed by atoms with E-state index in [1.807, 2.05) is 0 Å². The van der Waals surface area contributed by atoms with E-state index >= 15 is 0 Å². The van der Waals surface area contributed by atoms with E-state index in [4.69, 9.17) is 4.74 Å². The highest BCUT2D eigenvalue weighted by Crippen LogP contribution is 2.11. The average Bonchev–Trinajstić information content (AvgIpc) is 2.20. The largest absolute Gasteiger partial charge is 0.369 e. The lowest BCUT2D eigenvalue weighted by Gasteiger charge is -2.16. The van der Waals surface area contributed by atoms with Gasteiger partial charge in [0.25, 0.3) is 0 Å². The number of aryl methyl sites for hydroxylation is 2. The van der Waals surface area contributed by atoms with Crippen LogP contribution in [0.1, 0.15) is 16.7 Å². The van der Waals surface area contributed by atoms with Crippen molar-refractivity contribution < 1.29 is 4.74 Å². The minimum atomic E-state index is 0.699. The third kappa shape index (κ3) is 4.02. The van der Waals surface area contributed by atoms with Gasteiger partial charge >= 0.3 is 0 Å². The first-order chi connectivity index (χ1) is 7.13. The van der Waals surface area contributed by atoms with Gasteiger partial charge in [0.05, 0.1) is 6.73 Å². The standard InChI is InChI=1S/C13H21NO/c1-11-5-6-12(2)13(9-11)7-8-14(3)10-15-4/h5-6,9H,7-8,10H2,1-4H3. The molecule has 84 valence electrons. The lowest BCUT2D eigenvalue weighted by Crippen LogP contribution is -2.23. The number of ether oxygens (including phenoxy) is 1. The molecule has 0 atom stereocenters. The first-order valence-electron chi connectivity index (χ1n) is 5.37. The van der Waals surface area contributed by atoms with Crippen molar-refractivity contribution in [2.45, 2.75) is 20.3 Å². The molecular formula is C13H21NO. The third-order valence-electron chi connectivity index (χ3n) is 2.62. The molecule has 0 saturated heterocycles. The first-order valence-corrected chi connectivity index (χ1v) is 5.37. The van der Waals surface area contributed by atoms with Crippen molar-refractivity contribution in [1.82, 2.24) is 4.90 Å². The molecule has 15 heavy (non-hydrogen) atoms. The Balaban J connectivity index is 2.53. The van der Waals surface area contributed by atoms with Gasteiger partial charge in [0.1, 0.15) is 0 Å². The Hall–Kier alpha value is -0.860. The maximum atomic E-state index is 5.07. The van der Waals surface area contributed by atoms with Crippen LogP contribution in [-0.2, 0) is 11.2 Å². The summed E-state index contributed by atoms with van der Waals surface area (Å²) < 4.78 is 5.07. The Morgan fingerprint density at radius 2 is 2.00 bits per heavy atom. The van der Waals surface area contributed by atoms with Crippen LogP contribution in [0.25, 0.3) is 0 Å². The second-order valence-electron chi connectivity index (χ2n) is 4.18. The number of benzene rings is 1. The fourth-order valence-electron chi connectivity index (χ4n) is 1.67. The molecule has 0 saturated carbocycles. The smallest absolute Gasteiger partial charge is 0.0984 e. The van der Waals surface area contributed by atoms with Crippen LogP contribution in [0.4, 0.5) is 0 Å². The zero-order valence-corrected chi connectivity index (χ0v) is 10.2. The van der Waals surface area contributed by atoms with Gasteiger partial charge in [0.15, 0.2) is 0 Å². The maximum absolute atomic E-state index is 5.07. The summed E-state index contributed by atoms with van der Waals surface area (Å²) in [6, 6.07) is 6.63. The SMILES string of the molecule is COCN(C)CCc1cc(C)ccc1C. The molecule has 0 aliphatic heterocycles. The highest BCUT2D eigenvalue weighted by atomic mass is 16.5. The molecule has 1 aromatic rings. The van der Waals surface area contributed by atoms with Crippen LogP contribution >= 0.6 is 0 Å². The Kier molecular flexibility index (Phi) is 4.79. The van der Waals surface area contributed by atoms with Gasteiger partial charge in [-0.1, -0.05) is 23.8 Å². The number of nitrogens with zero attached hydrogens (tertiary/aromatic N) is 1. The zero-order valence-electron chi connectivity index (χ0n) is 10.2. The van der Waals surface area contributed by atoms with Crippen LogP contribution in [0.15, 0.2) is 18.2 Å². The van der Waals surface area contributed by atoms with Gasteiger partial charge in [0.2, 0.25) is 0 Å². The molecule has 1 rings (SSSR count). The monoisotopic (exact) mass is 207 g/mol. The van der Waals surface area contributed by atoms with Crippen molar-refractivity contribution in [2.75, 3.05) is 27.4 Å². The Morgan fingerprint density at radius 3 is 2.67 bits per heavy atom. The summed E-state index contributed by atoms with van der Waals surface area (Å²) in [5.74, 6) is 0. The summed E-state index contributed by atoms with van der Waals surface area (Å²) in [7, 11) is 3.81. The van der Waals surface area contributed by atoms with Gasteiger partial charge in [-0.25, -0.2) is 0 Å². The van der Waals surface area contributed by atoms with Crippen LogP contribution in [0.5, 0.6) is 0 Å². The molecule has 2 heteroatoms. The molecule has 0 heterocycles. The lowest BCUT2D eigenvalue weighted by molar-refractivity contribution is 0.0827. The van der Waals surface area contributed by atoms with Crippen LogP contribution in [-0.4, -0.2) is 32.3 Å². The van der Waals surface area contributed by atoms with E-state index in [1.54, 1.807) is 7.11 Å². The van der Waals surface area contributed by atoms with Crippen molar-refractivity contribution in [3.63, 3.8) is 0 Å². The molecule has 0 fully saturated rings. The predicted octanol–water partition coefficient (Wildman–Crippen LogP) is 2.38. The summed E-state index contributed by atoms with van der Waals surface area (Å²) in [4.78, 5) is 2.18. The fraction of sp³-hybridized carbons (Fsp3) is 0.538. The van der Waals surface area contributed by atoms with E-state index in [-0.39, 0.29) is 0 Å². The number of methoxy groups -OCH3 is 1. The van der Waals surface area contributed by atoms with Crippen LogP contribution in [0, 0.1) is 13.8 Å². The van der Waals surface area contributed by atoms with Gasteiger partial charge in [-0.3, -0.25) is 4.90 Å². The van der Waals surface area contributed by atoms with Gasteiger partial charge < -0.3 is 4.74 Å². The second kappa shape index (κ2) is 5.89. The topological polar surface area (TPSA) is 12.5 Å². The number of likely N-dealkylation sites (N-methyl/N-ethyl adjacent to an activating group) is 1. The molecule has 0 unspecified atom stereocenters. The number of hydrogen-bond acceptors (Lipinski definition) is 2. The van der Waals surface area contributed by atoms with Gasteiger partial charge in [-0.05, 0) is 38.4 Å². The normalized spacial score (nSPS) is 11.0. The van der Waals surface area contributed by atoms with Gasteiger partial charge in [-0.15, -0.1) is 0 Å². The van der Waals surface area contributed by atoms with Gasteiger partial charge in [-0.2, -0.15) is 0 Å². The fourth-order valence-corrected chi connectivity index (χ4v) is 1.67. The Labute approximate surface area is 92.9 Å². The minimum Gasteiger partial charge on any atom is -0.369 e. The van der Waals surface area contributed by atoms with Gasteiger partial charge in [0, 0.05) is 13.7 Å². The summed E-state index contributed by atoms with van der Waals surface area (Å²) in [6.45, 7) is 6.05. The highest BCUT2D eigenvalue weighted by Gasteiger charge is 2.01. The first kappa shape index (κ1) is 12.2. The Morgan fingerprint density at radius 1 is 1.27 bits per heavy atom. The molecule has 0 aliphatic rings. The number of rotatable bonds is 5. The van der Waals surface area contributed by atoms with Crippen molar-refractivity contribution in [3.05, 3.63) is 34.9 Å². The molecule has 2 nitrogen and oxygen atoms in total. The van der Waals surface area contributed by atoms with Crippen molar-refractivity contribution in [3.8, 4) is 0 Å². The van der Waals surface area contributed by atoms with Crippen LogP contribution < -0.4 is 0 Å². The summed E-state index contributed by atoms with van der Waals surface area (Å²) >= 11 is 0. The molecule has 0 N–H and O–H groups in total. The molecule has 0 aliphatic carbocycles. The molecule has 0 amide bonds. The number of hydrogen-bond donors (Lipinski definition) is 0. The zero-order chi connectivity index (χ0) is 11.3. The summed E-state index contributed by atoms with van der Waals surface area (Å²) in [6.07, 6.45) is 1.09. The third-order valence-corrected chi connectivity index (χ3v) is 2.62. The lowest BCUT2D eigenvalue weighted by atomic mass is 10.0. The summed E-state index contributed by atoms with van der Waals surface area (Å²) in [5, 5.41) is 0. The van der Waals surface area contributed by atoms with E-state index in [9.17, 15) is 0 Å². The molecule has 0 spiro atoms. The molecule has 0 aromatic heterocycles. The van der Waals surface area contributed by atoms with Crippen molar-refractivity contribution in [1.29, 1.82) is 0 Å². The quantitative estimate of drug-likeness (QED) is 0.687. The van der Waals surface area contributed by atoms with E-state index in [2.05, 4.69) is 44.0 Å². The van der Waals surface area contributed by atoms with Crippen LogP contribution in [0.2, 0.25) is 0 Å². The molecule has 0 radical (unpaired) electrons. The van der Waals surface area contributed by atoms with E-state index in [0.29, 0.717) is 6.73 Å². The predicted molar refractivity (Wildman–Crippen MR) is 64.1 cm³/mol. The minimum absolute atomic E-state index is 0.699. The van der Waals surface area contributed by atoms with E-state index < -0.39 is 0 Å².